The Bertz CT molecular complexity index is 415. The summed E-state index contributed by atoms with van der Waals surface area (Å²) < 4.78 is 38.8. The molecule has 0 saturated heterocycles. The summed E-state index contributed by atoms with van der Waals surface area (Å²) in [4.78, 5) is 10.6. The highest BCUT2D eigenvalue weighted by Gasteiger charge is 2.41. The highest BCUT2D eigenvalue weighted by Crippen LogP contribution is 2.31. The van der Waals surface area contributed by atoms with E-state index in [-0.39, 0.29) is 6.54 Å². The van der Waals surface area contributed by atoms with Crippen molar-refractivity contribution < 1.29 is 23.1 Å². The second-order valence-corrected chi connectivity index (χ2v) is 3.87. The molecule has 0 radical (unpaired) electrons. The second kappa shape index (κ2) is 5.83. The predicted octanol–water partition coefficient (Wildman–Crippen LogP) is 2.58. The van der Waals surface area contributed by atoms with Crippen molar-refractivity contribution >= 4 is 5.97 Å². The molecule has 8 heteroatoms. The van der Waals surface area contributed by atoms with Gasteiger partial charge in [-0.15, -0.1) is 5.10 Å². The quantitative estimate of drug-likeness (QED) is 0.803. The number of carboxylic acids is 1. The number of hydrogen-bond acceptors (Lipinski definition) is 3. The molecule has 0 spiro atoms. The van der Waals surface area contributed by atoms with Gasteiger partial charge in [-0.2, -0.15) is 13.2 Å². The van der Waals surface area contributed by atoms with E-state index in [4.69, 9.17) is 5.11 Å². The molecular formula is C10H14F3N3O2. The van der Waals surface area contributed by atoms with Gasteiger partial charge in [0.15, 0.2) is 5.69 Å². The molecule has 5 nitrogen and oxygen atoms in total. The number of aryl methyl sites for hydroxylation is 1. The fraction of sp³-hybridized carbons (Fsp3) is 0.700. The van der Waals surface area contributed by atoms with E-state index in [1.807, 2.05) is 6.92 Å². The first-order valence-electron chi connectivity index (χ1n) is 5.62. The number of aromatic carboxylic acids is 1. The van der Waals surface area contributed by atoms with Crippen LogP contribution in [-0.4, -0.2) is 26.1 Å². The summed E-state index contributed by atoms with van der Waals surface area (Å²) in [5, 5.41) is 15.0. The minimum atomic E-state index is -4.76. The van der Waals surface area contributed by atoms with Crippen LogP contribution in [0.3, 0.4) is 0 Å². The van der Waals surface area contributed by atoms with E-state index < -0.39 is 23.5 Å². The zero-order valence-corrected chi connectivity index (χ0v) is 9.87. The molecule has 0 bridgehead atoms. The molecule has 0 fully saturated rings. The minimum absolute atomic E-state index is 0.0229. The fourth-order valence-electron chi connectivity index (χ4n) is 1.58. The highest BCUT2D eigenvalue weighted by molar-refractivity contribution is 5.86. The van der Waals surface area contributed by atoms with E-state index in [0.717, 1.165) is 19.3 Å². The Labute approximate surface area is 102 Å². The molecule has 1 rings (SSSR count). The van der Waals surface area contributed by atoms with E-state index in [0.29, 0.717) is 11.1 Å². The molecular weight excluding hydrogens is 251 g/mol. The lowest BCUT2D eigenvalue weighted by Gasteiger charge is -2.09. The van der Waals surface area contributed by atoms with E-state index in [9.17, 15) is 18.0 Å². The molecule has 1 aromatic heterocycles. The van der Waals surface area contributed by atoms with Crippen molar-refractivity contribution in [1.82, 2.24) is 15.0 Å². The van der Waals surface area contributed by atoms with Crippen LogP contribution >= 0.6 is 0 Å². The third kappa shape index (κ3) is 3.44. The number of rotatable bonds is 6. The summed E-state index contributed by atoms with van der Waals surface area (Å²) in [7, 11) is 0. The Balaban J connectivity index is 2.88. The van der Waals surface area contributed by atoms with Crippen molar-refractivity contribution in [2.45, 2.75) is 45.3 Å². The van der Waals surface area contributed by atoms with Gasteiger partial charge in [-0.05, 0) is 6.42 Å². The number of hydrogen-bond donors (Lipinski definition) is 1. The Hall–Kier alpha value is -1.60. The van der Waals surface area contributed by atoms with Gasteiger partial charge in [0.2, 0.25) is 5.69 Å². The normalized spacial score (nSPS) is 11.8. The first-order valence-corrected chi connectivity index (χ1v) is 5.62. The average Bonchev–Trinajstić information content (AvgIpc) is 2.68. The van der Waals surface area contributed by atoms with Crippen molar-refractivity contribution in [3.63, 3.8) is 0 Å². The van der Waals surface area contributed by atoms with Gasteiger partial charge >= 0.3 is 12.1 Å². The van der Waals surface area contributed by atoms with Crippen LogP contribution in [0.1, 0.15) is 48.8 Å². The van der Waals surface area contributed by atoms with Crippen LogP contribution in [0.4, 0.5) is 13.2 Å². The number of nitrogens with zero attached hydrogens (tertiary/aromatic N) is 3. The zero-order chi connectivity index (χ0) is 13.8. The van der Waals surface area contributed by atoms with Gasteiger partial charge in [0, 0.05) is 6.54 Å². The SMILES string of the molecule is CCCCCCn1nnc(C(=O)O)c1C(F)(F)F. The summed E-state index contributed by atoms with van der Waals surface area (Å²) in [6.07, 6.45) is -1.59. The molecule has 18 heavy (non-hydrogen) atoms. The minimum Gasteiger partial charge on any atom is -0.476 e. The van der Waals surface area contributed by atoms with E-state index in [2.05, 4.69) is 10.3 Å². The van der Waals surface area contributed by atoms with Crippen molar-refractivity contribution in [3.8, 4) is 0 Å². The van der Waals surface area contributed by atoms with Gasteiger partial charge in [0.1, 0.15) is 0 Å². The summed E-state index contributed by atoms with van der Waals surface area (Å²) in [6.45, 7) is 2.01. The topological polar surface area (TPSA) is 68.0 Å². The molecule has 0 aromatic carbocycles. The molecule has 1 heterocycles. The fourth-order valence-corrected chi connectivity index (χ4v) is 1.58. The van der Waals surface area contributed by atoms with Gasteiger partial charge < -0.3 is 5.11 Å². The number of aromatic nitrogens is 3. The maximum absolute atomic E-state index is 12.7. The number of alkyl halides is 3. The first-order chi connectivity index (χ1) is 8.38. The highest BCUT2D eigenvalue weighted by atomic mass is 19.4. The third-order valence-corrected chi connectivity index (χ3v) is 2.43. The molecule has 102 valence electrons. The van der Waals surface area contributed by atoms with Crippen LogP contribution in [0.5, 0.6) is 0 Å². The summed E-state index contributed by atoms with van der Waals surface area (Å²) in [5.74, 6) is -1.72. The first kappa shape index (κ1) is 14.5. The number of carbonyl (C=O) groups is 1. The molecule has 0 atom stereocenters. The molecule has 1 aromatic rings. The van der Waals surface area contributed by atoms with Gasteiger partial charge in [-0.3, -0.25) is 0 Å². The maximum Gasteiger partial charge on any atom is 0.435 e. The monoisotopic (exact) mass is 265 g/mol. The van der Waals surface area contributed by atoms with Crippen molar-refractivity contribution in [2.24, 2.45) is 0 Å². The molecule has 0 amide bonds. The molecule has 0 aliphatic rings. The van der Waals surface area contributed by atoms with Gasteiger partial charge in [-0.1, -0.05) is 31.4 Å². The molecule has 0 aliphatic carbocycles. The molecule has 0 aliphatic heterocycles. The Morgan fingerprint density at radius 1 is 1.33 bits per heavy atom. The smallest absolute Gasteiger partial charge is 0.435 e. The zero-order valence-electron chi connectivity index (χ0n) is 9.87. The van der Waals surface area contributed by atoms with E-state index >= 15 is 0 Å². The van der Waals surface area contributed by atoms with Crippen LogP contribution in [0.25, 0.3) is 0 Å². The van der Waals surface area contributed by atoms with Crippen LogP contribution in [0, 0.1) is 0 Å². The lowest BCUT2D eigenvalue weighted by molar-refractivity contribution is -0.144. The van der Waals surface area contributed by atoms with Crippen LogP contribution in [0.2, 0.25) is 0 Å². The number of halogens is 3. The van der Waals surface area contributed by atoms with Crippen molar-refractivity contribution in [3.05, 3.63) is 11.4 Å². The summed E-state index contributed by atoms with van der Waals surface area (Å²) in [6, 6.07) is 0. The summed E-state index contributed by atoms with van der Waals surface area (Å²) >= 11 is 0. The summed E-state index contributed by atoms with van der Waals surface area (Å²) in [5.41, 5.74) is -2.33. The Morgan fingerprint density at radius 2 is 2.00 bits per heavy atom. The van der Waals surface area contributed by atoms with Gasteiger partial charge in [-0.25, -0.2) is 9.48 Å². The predicted molar refractivity (Wildman–Crippen MR) is 56.1 cm³/mol. The standard InChI is InChI=1S/C10H14F3N3O2/c1-2-3-4-5-6-16-8(10(11,12)13)7(9(17)18)14-15-16/h2-6H2,1H3,(H,17,18). The lowest BCUT2D eigenvalue weighted by Crippen LogP contribution is -2.18. The molecule has 0 saturated carbocycles. The van der Waals surface area contributed by atoms with E-state index in [1.54, 1.807) is 0 Å². The molecule has 0 unspecified atom stereocenters. The van der Waals surface area contributed by atoms with Gasteiger partial charge in [0.05, 0.1) is 0 Å². The Kier molecular flexibility index (Phi) is 4.69. The maximum atomic E-state index is 12.7. The van der Waals surface area contributed by atoms with Crippen LogP contribution in [0.15, 0.2) is 0 Å². The Morgan fingerprint density at radius 3 is 2.50 bits per heavy atom. The second-order valence-electron chi connectivity index (χ2n) is 3.87. The number of carboxylic acid groups (broad SMARTS) is 1. The van der Waals surface area contributed by atoms with E-state index in [1.165, 1.54) is 0 Å². The van der Waals surface area contributed by atoms with Crippen molar-refractivity contribution in [1.29, 1.82) is 0 Å². The van der Waals surface area contributed by atoms with Crippen LogP contribution in [-0.2, 0) is 12.7 Å². The average molecular weight is 265 g/mol. The third-order valence-electron chi connectivity index (χ3n) is 2.43. The van der Waals surface area contributed by atoms with Gasteiger partial charge in [0.25, 0.3) is 0 Å². The molecule has 1 N–H and O–H groups in total. The van der Waals surface area contributed by atoms with Crippen LogP contribution < -0.4 is 0 Å². The lowest BCUT2D eigenvalue weighted by atomic mass is 10.2. The largest absolute Gasteiger partial charge is 0.476 e. The van der Waals surface area contributed by atoms with Crippen molar-refractivity contribution in [2.75, 3.05) is 0 Å². The number of unbranched alkanes of at least 4 members (excludes halogenated alkanes) is 3.